The molecular weight excluding hydrogens is 454 g/mol. The van der Waals surface area contributed by atoms with Crippen molar-refractivity contribution in [2.75, 3.05) is 6.61 Å². The van der Waals surface area contributed by atoms with Crippen LogP contribution in [0, 0.1) is 11.3 Å². The zero-order valence-electron chi connectivity index (χ0n) is 18.0. The molecule has 1 fully saturated rings. The number of nitrogens with one attached hydrogen (secondary N) is 1. The van der Waals surface area contributed by atoms with Gasteiger partial charge in [-0.3, -0.25) is 14.4 Å². The molecule has 1 aliphatic rings. The van der Waals surface area contributed by atoms with Crippen molar-refractivity contribution in [3.63, 3.8) is 0 Å². The first kappa shape index (κ1) is 22.3. The second kappa shape index (κ2) is 8.69. The van der Waals surface area contributed by atoms with Crippen LogP contribution in [0.5, 0.6) is 0 Å². The maximum atomic E-state index is 12.7. The van der Waals surface area contributed by atoms with E-state index in [9.17, 15) is 24.6 Å². The van der Waals surface area contributed by atoms with E-state index < -0.39 is 42.0 Å². The molecule has 1 saturated heterocycles. The number of benzene rings is 2. The van der Waals surface area contributed by atoms with E-state index in [1.807, 2.05) is 6.07 Å². The number of aliphatic hydroxyl groups excluding tert-OH is 2. The average Bonchev–Trinajstić information content (AvgIpc) is 3.32. The zero-order chi connectivity index (χ0) is 24.7. The maximum Gasteiger partial charge on any atom is 0.262 e. The largest absolute Gasteiger partial charge is 0.394 e. The van der Waals surface area contributed by atoms with Gasteiger partial charge < -0.3 is 19.9 Å². The van der Waals surface area contributed by atoms with Crippen molar-refractivity contribution >= 4 is 22.6 Å². The van der Waals surface area contributed by atoms with E-state index in [0.29, 0.717) is 28.0 Å². The van der Waals surface area contributed by atoms with Gasteiger partial charge in [0.05, 0.1) is 30.1 Å². The monoisotopic (exact) mass is 471 g/mol. The number of carbonyl (C=O) groups is 2. The summed E-state index contributed by atoms with van der Waals surface area (Å²) in [6.45, 7) is -0.618. The van der Waals surface area contributed by atoms with Gasteiger partial charge in [0.2, 0.25) is 11.6 Å². The normalized spacial score (nSPS) is 20.2. The van der Waals surface area contributed by atoms with Crippen LogP contribution in [0.4, 0.5) is 0 Å². The number of aromatic amines is 1. The standard InChI is InChI=1S/C24H17N5O6/c25-9-12-1-7-15(8-2-12)29-23-16(10-26-29)24(34)28-22(27-23)14-5-3-13(4-6-14)21-20(33)19(32)18(31)17(11-30)35-21/h1-8,10,17-18,21,30-31H,11H2,(H,27,28,34). The van der Waals surface area contributed by atoms with Gasteiger partial charge in [0.1, 0.15) is 29.5 Å². The van der Waals surface area contributed by atoms with Crippen LogP contribution in [0.3, 0.4) is 0 Å². The molecule has 1 aliphatic heterocycles. The van der Waals surface area contributed by atoms with Gasteiger partial charge in [-0.2, -0.15) is 10.4 Å². The van der Waals surface area contributed by atoms with Crippen LogP contribution >= 0.6 is 0 Å². The number of ketones is 2. The number of fused-ring (bicyclic) bond motifs is 1. The molecule has 0 saturated carbocycles. The van der Waals surface area contributed by atoms with Crippen molar-refractivity contribution in [1.82, 2.24) is 19.7 Å². The number of nitriles is 1. The minimum atomic E-state index is -1.70. The Kier molecular flexibility index (Phi) is 5.54. The lowest BCUT2D eigenvalue weighted by Gasteiger charge is -2.30. The van der Waals surface area contributed by atoms with Crippen molar-refractivity contribution in [3.05, 3.63) is 76.2 Å². The summed E-state index contributed by atoms with van der Waals surface area (Å²) >= 11 is 0. The fraction of sp³-hybridized carbons (Fsp3) is 0.167. The summed E-state index contributed by atoms with van der Waals surface area (Å²) in [6, 6.07) is 15.0. The zero-order valence-corrected chi connectivity index (χ0v) is 18.0. The molecule has 4 aromatic rings. The van der Waals surface area contributed by atoms with Gasteiger partial charge in [-0.05, 0) is 29.8 Å². The number of H-pyrrole nitrogens is 1. The van der Waals surface area contributed by atoms with Crippen molar-refractivity contribution in [2.45, 2.75) is 18.3 Å². The van der Waals surface area contributed by atoms with Crippen molar-refractivity contribution in [2.24, 2.45) is 0 Å². The third-order valence-corrected chi connectivity index (χ3v) is 5.76. The third kappa shape index (κ3) is 3.81. The number of hydrogen-bond acceptors (Lipinski definition) is 9. The van der Waals surface area contributed by atoms with Crippen molar-refractivity contribution < 1.29 is 24.5 Å². The number of rotatable bonds is 4. The molecule has 3 atom stereocenters. The molecule has 0 bridgehead atoms. The second-order valence-corrected chi connectivity index (χ2v) is 7.90. The Morgan fingerprint density at radius 2 is 1.77 bits per heavy atom. The van der Waals surface area contributed by atoms with Crippen LogP contribution < -0.4 is 5.56 Å². The van der Waals surface area contributed by atoms with Crippen molar-refractivity contribution in [1.29, 1.82) is 5.26 Å². The second-order valence-electron chi connectivity index (χ2n) is 7.90. The summed E-state index contributed by atoms with van der Waals surface area (Å²) in [6.07, 6.45) is -2.76. The lowest BCUT2D eigenvalue weighted by Crippen LogP contribution is -2.50. The lowest BCUT2D eigenvalue weighted by atomic mass is 9.93. The van der Waals surface area contributed by atoms with E-state index in [2.05, 4.69) is 15.1 Å². The number of aliphatic hydroxyl groups is 2. The van der Waals surface area contributed by atoms with Gasteiger partial charge in [0.15, 0.2) is 5.65 Å². The molecule has 3 N–H and O–H groups in total. The molecule has 11 nitrogen and oxygen atoms in total. The Labute approximate surface area is 196 Å². The van der Waals surface area contributed by atoms with Crippen LogP contribution in [0.25, 0.3) is 28.1 Å². The molecule has 5 rings (SSSR count). The topological polar surface area (TPSA) is 171 Å². The molecule has 174 valence electrons. The molecule has 2 aromatic heterocycles. The smallest absolute Gasteiger partial charge is 0.262 e. The Morgan fingerprint density at radius 3 is 2.43 bits per heavy atom. The SMILES string of the molecule is N#Cc1ccc(-n2ncc3c(=O)[nH]c(-c4ccc(C5OC(CO)C(O)C(=O)C5=O)cc4)nc32)cc1. The first-order chi connectivity index (χ1) is 16.9. The summed E-state index contributed by atoms with van der Waals surface area (Å²) in [7, 11) is 0. The summed E-state index contributed by atoms with van der Waals surface area (Å²) < 4.78 is 6.92. The van der Waals surface area contributed by atoms with Gasteiger partial charge in [-0.15, -0.1) is 0 Å². The van der Waals surface area contributed by atoms with Crippen LogP contribution in [0.15, 0.2) is 59.5 Å². The van der Waals surface area contributed by atoms with E-state index in [-0.39, 0.29) is 11.2 Å². The maximum absolute atomic E-state index is 12.7. The van der Waals surface area contributed by atoms with Crippen LogP contribution in [-0.2, 0) is 14.3 Å². The van der Waals surface area contributed by atoms with E-state index in [1.165, 1.54) is 10.9 Å². The number of hydrogen-bond donors (Lipinski definition) is 3. The third-order valence-electron chi connectivity index (χ3n) is 5.76. The molecular formula is C24H17N5O6. The molecule has 0 radical (unpaired) electrons. The average molecular weight is 471 g/mol. The number of nitrogens with zero attached hydrogens (tertiary/aromatic N) is 4. The van der Waals surface area contributed by atoms with E-state index in [1.54, 1.807) is 48.5 Å². The molecule has 0 spiro atoms. The van der Waals surface area contributed by atoms with E-state index in [4.69, 9.17) is 10.00 Å². The summed E-state index contributed by atoms with van der Waals surface area (Å²) in [5, 5.41) is 32.6. The molecule has 0 aliphatic carbocycles. The highest BCUT2D eigenvalue weighted by molar-refractivity contribution is 6.41. The number of ether oxygens (including phenoxy) is 1. The first-order valence-electron chi connectivity index (χ1n) is 10.5. The van der Waals surface area contributed by atoms with Crippen LogP contribution in [-0.4, -0.2) is 60.3 Å². The molecule has 0 amide bonds. The number of Topliss-reactive ketones (excluding diaryl/α,β-unsaturated/α-hetero) is 2. The lowest BCUT2D eigenvalue weighted by molar-refractivity contribution is -0.174. The minimum Gasteiger partial charge on any atom is -0.394 e. The highest BCUT2D eigenvalue weighted by Gasteiger charge is 2.43. The van der Waals surface area contributed by atoms with Gasteiger partial charge in [-0.1, -0.05) is 24.3 Å². The Balaban J connectivity index is 1.50. The van der Waals surface area contributed by atoms with Gasteiger partial charge in [-0.25, -0.2) is 9.67 Å². The van der Waals surface area contributed by atoms with Crippen LogP contribution in [0.1, 0.15) is 17.2 Å². The Morgan fingerprint density at radius 1 is 1.06 bits per heavy atom. The first-order valence-corrected chi connectivity index (χ1v) is 10.5. The number of aromatic nitrogens is 4. The van der Waals surface area contributed by atoms with Gasteiger partial charge in [0.25, 0.3) is 5.56 Å². The predicted octanol–water partition coefficient (Wildman–Crippen LogP) is 0.579. The minimum absolute atomic E-state index is 0.250. The van der Waals surface area contributed by atoms with E-state index >= 15 is 0 Å². The fourth-order valence-electron chi connectivity index (χ4n) is 3.86. The van der Waals surface area contributed by atoms with E-state index in [0.717, 1.165) is 0 Å². The highest BCUT2D eigenvalue weighted by Crippen LogP contribution is 2.29. The quantitative estimate of drug-likeness (QED) is 0.360. The van der Waals surface area contributed by atoms with Gasteiger partial charge in [0, 0.05) is 5.56 Å². The Hall–Kier alpha value is -4.50. The highest BCUT2D eigenvalue weighted by atomic mass is 16.5. The molecule has 3 heterocycles. The molecule has 11 heteroatoms. The predicted molar refractivity (Wildman–Crippen MR) is 120 cm³/mol. The summed E-state index contributed by atoms with van der Waals surface area (Å²) in [4.78, 5) is 44.3. The van der Waals surface area contributed by atoms with Crippen LogP contribution in [0.2, 0.25) is 0 Å². The molecule has 3 unspecified atom stereocenters. The fourth-order valence-corrected chi connectivity index (χ4v) is 3.86. The number of carbonyl (C=O) groups excluding carboxylic acids is 2. The van der Waals surface area contributed by atoms with Gasteiger partial charge >= 0.3 is 0 Å². The molecule has 35 heavy (non-hydrogen) atoms. The summed E-state index contributed by atoms with van der Waals surface area (Å²) in [5.74, 6) is -1.67. The molecule has 2 aromatic carbocycles. The Bertz CT molecular complexity index is 1550. The van der Waals surface area contributed by atoms with Crippen molar-refractivity contribution in [3.8, 4) is 23.1 Å². The summed E-state index contributed by atoms with van der Waals surface area (Å²) in [5.41, 5.74) is 1.89.